The van der Waals surface area contributed by atoms with E-state index in [2.05, 4.69) is 31.4 Å². The van der Waals surface area contributed by atoms with E-state index in [4.69, 9.17) is 4.42 Å². The third kappa shape index (κ3) is 1.59. The van der Waals surface area contributed by atoms with Crippen molar-refractivity contribution in [3.63, 3.8) is 0 Å². The van der Waals surface area contributed by atoms with Crippen LogP contribution in [0.1, 0.15) is 0 Å². The van der Waals surface area contributed by atoms with Crippen molar-refractivity contribution in [2.75, 3.05) is 12.4 Å². The van der Waals surface area contributed by atoms with E-state index in [1.54, 1.807) is 6.26 Å². The van der Waals surface area contributed by atoms with Crippen LogP contribution in [0.5, 0.6) is 0 Å². The molecular formula is C7H6BrN3OS. The van der Waals surface area contributed by atoms with Crippen LogP contribution in [0.4, 0.5) is 5.13 Å². The van der Waals surface area contributed by atoms with Crippen LogP contribution in [0.3, 0.4) is 0 Å². The summed E-state index contributed by atoms with van der Waals surface area (Å²) in [6, 6.07) is 1.83. The van der Waals surface area contributed by atoms with Gasteiger partial charge in [-0.1, -0.05) is 11.3 Å². The summed E-state index contributed by atoms with van der Waals surface area (Å²) in [4.78, 5) is 0. The molecule has 0 unspecified atom stereocenters. The Kier molecular flexibility index (Phi) is 2.32. The molecule has 13 heavy (non-hydrogen) atoms. The Bertz CT molecular complexity index is 411. The molecule has 1 N–H and O–H groups in total. The van der Waals surface area contributed by atoms with E-state index in [0.29, 0.717) is 0 Å². The van der Waals surface area contributed by atoms with E-state index in [1.165, 1.54) is 11.3 Å². The average Bonchev–Trinajstić information content (AvgIpc) is 2.71. The maximum absolute atomic E-state index is 5.24. The van der Waals surface area contributed by atoms with E-state index in [9.17, 15) is 0 Å². The number of anilines is 1. The van der Waals surface area contributed by atoms with Crippen molar-refractivity contribution in [3.8, 4) is 10.8 Å². The molecule has 0 radical (unpaired) electrons. The van der Waals surface area contributed by atoms with Crippen LogP contribution in [-0.4, -0.2) is 17.2 Å². The van der Waals surface area contributed by atoms with Gasteiger partial charge in [0.1, 0.15) is 0 Å². The molecule has 6 heteroatoms. The van der Waals surface area contributed by atoms with Crippen LogP contribution in [0, 0.1) is 0 Å². The summed E-state index contributed by atoms with van der Waals surface area (Å²) in [5, 5.41) is 12.3. The molecule has 0 atom stereocenters. The zero-order chi connectivity index (χ0) is 9.26. The molecule has 0 spiro atoms. The molecule has 0 fully saturated rings. The fraction of sp³-hybridized carbons (Fsp3) is 0.143. The summed E-state index contributed by atoms with van der Waals surface area (Å²) in [6.07, 6.45) is 1.61. The molecule has 68 valence electrons. The lowest BCUT2D eigenvalue weighted by atomic mass is 10.5. The minimum Gasteiger partial charge on any atom is -0.461 e. The van der Waals surface area contributed by atoms with Crippen LogP contribution < -0.4 is 5.32 Å². The fourth-order valence-corrected chi connectivity index (χ4v) is 2.08. The zero-order valence-corrected chi connectivity index (χ0v) is 9.15. The zero-order valence-electron chi connectivity index (χ0n) is 6.74. The molecular weight excluding hydrogens is 254 g/mol. The summed E-state index contributed by atoms with van der Waals surface area (Å²) >= 11 is 4.81. The molecule has 0 aromatic carbocycles. The average molecular weight is 260 g/mol. The second-order valence-corrected chi connectivity index (χ2v) is 4.09. The highest BCUT2D eigenvalue weighted by atomic mass is 79.9. The summed E-state index contributed by atoms with van der Waals surface area (Å²) in [5.74, 6) is 0.721. The fourth-order valence-electron chi connectivity index (χ4n) is 0.862. The first-order valence-corrected chi connectivity index (χ1v) is 5.17. The smallest absolute Gasteiger partial charge is 0.205 e. The van der Waals surface area contributed by atoms with Crippen molar-refractivity contribution in [2.24, 2.45) is 0 Å². The van der Waals surface area contributed by atoms with E-state index >= 15 is 0 Å². The molecule has 0 aliphatic heterocycles. The second kappa shape index (κ2) is 3.47. The third-order valence-corrected chi connectivity index (χ3v) is 3.01. The van der Waals surface area contributed by atoms with Crippen LogP contribution in [-0.2, 0) is 0 Å². The highest BCUT2D eigenvalue weighted by Gasteiger charge is 2.11. The third-order valence-electron chi connectivity index (χ3n) is 1.45. The first kappa shape index (κ1) is 8.71. The number of halogens is 1. The van der Waals surface area contributed by atoms with Crippen molar-refractivity contribution in [1.29, 1.82) is 0 Å². The van der Waals surface area contributed by atoms with E-state index in [-0.39, 0.29) is 0 Å². The summed E-state index contributed by atoms with van der Waals surface area (Å²) in [5.41, 5.74) is 0. The van der Waals surface area contributed by atoms with Gasteiger partial charge in [0.2, 0.25) is 5.13 Å². The molecule has 2 aromatic heterocycles. The molecule has 2 rings (SSSR count). The van der Waals surface area contributed by atoms with Crippen LogP contribution in [0.15, 0.2) is 21.2 Å². The Labute approximate surface area is 87.1 Å². The predicted molar refractivity (Wildman–Crippen MR) is 54.9 cm³/mol. The number of rotatable bonds is 2. The van der Waals surface area contributed by atoms with Gasteiger partial charge < -0.3 is 9.73 Å². The quantitative estimate of drug-likeness (QED) is 0.901. The molecule has 0 bridgehead atoms. The molecule has 0 saturated heterocycles. The van der Waals surface area contributed by atoms with Gasteiger partial charge in [0.25, 0.3) is 0 Å². The first-order chi connectivity index (χ1) is 6.31. The second-order valence-electron chi connectivity index (χ2n) is 2.26. The Morgan fingerprint density at radius 2 is 2.38 bits per heavy atom. The number of aromatic nitrogens is 2. The Hall–Kier alpha value is -0.880. The van der Waals surface area contributed by atoms with Gasteiger partial charge in [-0.05, 0) is 22.0 Å². The molecule has 0 amide bonds. The molecule has 4 nitrogen and oxygen atoms in total. The van der Waals surface area contributed by atoms with Gasteiger partial charge in [-0.15, -0.1) is 10.2 Å². The van der Waals surface area contributed by atoms with Gasteiger partial charge in [-0.25, -0.2) is 0 Å². The Morgan fingerprint density at radius 3 is 2.92 bits per heavy atom. The highest BCUT2D eigenvalue weighted by molar-refractivity contribution is 9.10. The van der Waals surface area contributed by atoms with Crippen molar-refractivity contribution in [2.45, 2.75) is 0 Å². The van der Waals surface area contributed by atoms with Crippen LogP contribution in [0.25, 0.3) is 10.8 Å². The maximum Gasteiger partial charge on any atom is 0.205 e. The number of nitrogens with zero attached hydrogens (tertiary/aromatic N) is 2. The van der Waals surface area contributed by atoms with E-state index in [1.807, 2.05) is 13.1 Å². The van der Waals surface area contributed by atoms with Crippen LogP contribution >= 0.6 is 27.3 Å². The largest absolute Gasteiger partial charge is 0.461 e. The minimum atomic E-state index is 0.721. The van der Waals surface area contributed by atoms with Crippen molar-refractivity contribution >= 4 is 32.4 Å². The standard InChI is InChI=1S/C7H6BrN3OS/c1-9-7-11-10-6(13-7)5-4(8)2-3-12-5/h2-3H,1H3,(H,9,11). The van der Waals surface area contributed by atoms with Gasteiger partial charge in [0.15, 0.2) is 10.8 Å². The van der Waals surface area contributed by atoms with Gasteiger partial charge >= 0.3 is 0 Å². The number of hydrogen-bond donors (Lipinski definition) is 1. The normalized spacial score (nSPS) is 10.3. The Morgan fingerprint density at radius 1 is 1.54 bits per heavy atom. The summed E-state index contributed by atoms with van der Waals surface area (Å²) in [7, 11) is 1.81. The summed E-state index contributed by atoms with van der Waals surface area (Å²) < 4.78 is 6.14. The van der Waals surface area contributed by atoms with Crippen LogP contribution in [0.2, 0.25) is 0 Å². The first-order valence-electron chi connectivity index (χ1n) is 3.56. The minimum absolute atomic E-state index is 0.721. The molecule has 0 saturated carbocycles. The SMILES string of the molecule is CNc1nnc(-c2occc2Br)s1. The molecule has 2 heterocycles. The molecule has 2 aromatic rings. The van der Waals surface area contributed by atoms with Gasteiger partial charge in [0.05, 0.1) is 10.7 Å². The molecule has 0 aliphatic rings. The number of nitrogens with one attached hydrogen (secondary N) is 1. The lowest BCUT2D eigenvalue weighted by molar-refractivity contribution is 0.580. The number of furan rings is 1. The van der Waals surface area contributed by atoms with Gasteiger partial charge in [0, 0.05) is 7.05 Å². The summed E-state index contributed by atoms with van der Waals surface area (Å²) in [6.45, 7) is 0. The lowest BCUT2D eigenvalue weighted by Gasteiger charge is -1.87. The van der Waals surface area contributed by atoms with E-state index < -0.39 is 0 Å². The number of hydrogen-bond acceptors (Lipinski definition) is 5. The van der Waals surface area contributed by atoms with Crippen molar-refractivity contribution < 1.29 is 4.42 Å². The van der Waals surface area contributed by atoms with E-state index in [0.717, 1.165) is 20.4 Å². The van der Waals surface area contributed by atoms with Gasteiger partial charge in [-0.2, -0.15) is 0 Å². The van der Waals surface area contributed by atoms with Crippen molar-refractivity contribution in [1.82, 2.24) is 10.2 Å². The van der Waals surface area contributed by atoms with Gasteiger partial charge in [-0.3, -0.25) is 0 Å². The Balaban J connectivity index is 2.41. The van der Waals surface area contributed by atoms with Crippen molar-refractivity contribution in [3.05, 3.63) is 16.8 Å². The topological polar surface area (TPSA) is 51.0 Å². The predicted octanol–water partition coefficient (Wildman–Crippen LogP) is 2.60. The molecule has 0 aliphatic carbocycles. The maximum atomic E-state index is 5.24. The monoisotopic (exact) mass is 259 g/mol. The lowest BCUT2D eigenvalue weighted by Crippen LogP contribution is -1.84. The highest BCUT2D eigenvalue weighted by Crippen LogP contribution is 2.32.